The van der Waals surface area contributed by atoms with Crippen LogP contribution in [0.1, 0.15) is 43.4 Å². The average molecular weight is 432 g/mol. The van der Waals surface area contributed by atoms with Crippen molar-refractivity contribution in [2.24, 2.45) is 11.8 Å². The normalized spacial score (nSPS) is 28.4. The maximum Gasteiger partial charge on any atom is 0.250 e. The second-order valence-corrected chi connectivity index (χ2v) is 9.08. The number of hydrogen-bond acceptors (Lipinski definition) is 4. The highest BCUT2D eigenvalue weighted by Crippen LogP contribution is 2.53. The molecule has 1 spiro atoms. The fraction of sp³-hybridized carbons (Fsp3) is 0.423. The Bertz CT molecular complexity index is 1080. The van der Waals surface area contributed by atoms with Crippen LogP contribution >= 0.6 is 0 Å². The van der Waals surface area contributed by atoms with Gasteiger partial charge in [-0.1, -0.05) is 68.8 Å². The number of imide groups is 1. The highest BCUT2D eigenvalue weighted by atomic mass is 16.2. The molecule has 5 rings (SSSR count). The summed E-state index contributed by atoms with van der Waals surface area (Å²) in [4.78, 5) is 42.2. The second kappa shape index (κ2) is 7.85. The fourth-order valence-corrected chi connectivity index (χ4v) is 5.82. The molecule has 4 unspecified atom stereocenters. The molecule has 2 aromatic carbocycles. The topological polar surface area (TPSA) is 78.5 Å². The van der Waals surface area contributed by atoms with E-state index in [1.54, 1.807) is 0 Å². The third kappa shape index (κ3) is 2.85. The molecule has 6 nitrogen and oxygen atoms in total. The van der Waals surface area contributed by atoms with Gasteiger partial charge in [0, 0.05) is 23.8 Å². The van der Waals surface area contributed by atoms with E-state index in [1.807, 2.05) is 62.4 Å². The van der Waals surface area contributed by atoms with Crippen LogP contribution in [0.15, 0.2) is 48.5 Å². The molecule has 2 saturated heterocycles. The smallest absolute Gasteiger partial charge is 0.250 e. The summed E-state index contributed by atoms with van der Waals surface area (Å²) in [5, 5.41) is 6.59. The minimum atomic E-state index is -1.21. The predicted octanol–water partition coefficient (Wildman–Crippen LogP) is 3.01. The molecule has 166 valence electrons. The summed E-state index contributed by atoms with van der Waals surface area (Å²) in [5.41, 5.74) is 2.49. The van der Waals surface area contributed by atoms with Gasteiger partial charge in [0.1, 0.15) is 5.54 Å². The lowest BCUT2D eigenvalue weighted by atomic mass is 9.76. The fourth-order valence-electron chi connectivity index (χ4n) is 5.82. The van der Waals surface area contributed by atoms with Gasteiger partial charge in [0.25, 0.3) is 0 Å². The molecule has 0 radical (unpaired) electrons. The van der Waals surface area contributed by atoms with Crippen LogP contribution in [0, 0.1) is 11.8 Å². The van der Waals surface area contributed by atoms with Gasteiger partial charge in [-0.3, -0.25) is 24.6 Å². The zero-order valence-corrected chi connectivity index (χ0v) is 18.6. The number of fused-ring (bicyclic) bond motifs is 4. The van der Waals surface area contributed by atoms with Crippen molar-refractivity contribution in [1.29, 1.82) is 0 Å². The number of anilines is 1. The summed E-state index contributed by atoms with van der Waals surface area (Å²) < 4.78 is 0. The van der Waals surface area contributed by atoms with Crippen molar-refractivity contribution in [3.05, 3.63) is 65.2 Å². The summed E-state index contributed by atoms with van der Waals surface area (Å²) in [6.45, 7) is 4.51. The number of amides is 3. The lowest BCUT2D eigenvalue weighted by molar-refractivity contribution is -0.142. The third-order valence-corrected chi connectivity index (χ3v) is 7.34. The first-order valence-corrected chi connectivity index (χ1v) is 11.6. The minimum absolute atomic E-state index is 0.147. The van der Waals surface area contributed by atoms with Crippen LogP contribution < -0.4 is 10.6 Å². The number of rotatable bonds is 6. The van der Waals surface area contributed by atoms with Crippen molar-refractivity contribution >= 4 is 23.4 Å². The summed E-state index contributed by atoms with van der Waals surface area (Å²) in [7, 11) is 0. The summed E-state index contributed by atoms with van der Waals surface area (Å²) in [6.07, 6.45) is 3.02. The number of hydrogen-bond donors (Lipinski definition) is 2. The van der Waals surface area contributed by atoms with Gasteiger partial charge in [0.05, 0.1) is 11.8 Å². The van der Waals surface area contributed by atoms with Gasteiger partial charge in [-0.25, -0.2) is 0 Å². The first-order chi connectivity index (χ1) is 15.5. The number of nitrogens with zero attached hydrogens (tertiary/aromatic N) is 1. The van der Waals surface area contributed by atoms with Crippen LogP contribution in [-0.4, -0.2) is 35.2 Å². The van der Waals surface area contributed by atoms with Crippen LogP contribution in [0.4, 0.5) is 5.69 Å². The lowest BCUT2D eigenvalue weighted by Crippen LogP contribution is -2.53. The SMILES string of the molecule is CCCCN1C(=O)C2C(Cc3ccccc3)NC3(C(=O)Nc4c(CC)cccc43)C2C1=O. The van der Waals surface area contributed by atoms with Gasteiger partial charge >= 0.3 is 0 Å². The molecular formula is C26H29N3O3. The summed E-state index contributed by atoms with van der Waals surface area (Å²) >= 11 is 0. The number of aryl methyl sites for hydroxylation is 1. The zero-order valence-electron chi connectivity index (χ0n) is 18.6. The maximum absolute atomic E-state index is 13.7. The Kier molecular flexibility index (Phi) is 5.13. The molecule has 3 aliphatic heterocycles. The van der Waals surface area contributed by atoms with E-state index in [0.29, 0.717) is 13.0 Å². The van der Waals surface area contributed by atoms with E-state index in [0.717, 1.165) is 41.6 Å². The van der Waals surface area contributed by atoms with Crippen LogP contribution in [0.5, 0.6) is 0 Å². The first kappa shape index (κ1) is 20.9. The Balaban J connectivity index is 1.62. The molecule has 3 amide bonds. The van der Waals surface area contributed by atoms with Crippen LogP contribution in [-0.2, 0) is 32.8 Å². The molecular weight excluding hydrogens is 402 g/mol. The molecule has 6 heteroatoms. The zero-order chi connectivity index (χ0) is 22.5. The van der Waals surface area contributed by atoms with E-state index in [2.05, 4.69) is 10.6 Å². The van der Waals surface area contributed by atoms with Crippen molar-refractivity contribution in [1.82, 2.24) is 10.2 Å². The van der Waals surface area contributed by atoms with Gasteiger partial charge in [-0.15, -0.1) is 0 Å². The highest BCUT2D eigenvalue weighted by Gasteiger charge is 2.70. The van der Waals surface area contributed by atoms with Gasteiger partial charge in [-0.2, -0.15) is 0 Å². The van der Waals surface area contributed by atoms with Crippen LogP contribution in [0.2, 0.25) is 0 Å². The molecule has 0 saturated carbocycles. The Morgan fingerprint density at radius 3 is 2.47 bits per heavy atom. The van der Waals surface area contributed by atoms with Crippen LogP contribution in [0.3, 0.4) is 0 Å². The Labute approximate surface area is 188 Å². The molecule has 0 aliphatic carbocycles. The largest absolute Gasteiger partial charge is 0.324 e. The molecule has 0 aromatic heterocycles. The molecule has 2 fully saturated rings. The molecule has 4 atom stereocenters. The van der Waals surface area contributed by atoms with E-state index in [1.165, 1.54) is 4.90 Å². The molecule has 3 heterocycles. The van der Waals surface area contributed by atoms with Crippen molar-refractivity contribution in [2.45, 2.75) is 51.1 Å². The summed E-state index contributed by atoms with van der Waals surface area (Å²) in [6, 6.07) is 15.5. The highest BCUT2D eigenvalue weighted by molar-refractivity contribution is 6.15. The Morgan fingerprint density at radius 2 is 1.75 bits per heavy atom. The van der Waals surface area contributed by atoms with Gasteiger partial charge < -0.3 is 5.32 Å². The minimum Gasteiger partial charge on any atom is -0.324 e. The number of carbonyl (C=O) groups is 3. The Morgan fingerprint density at radius 1 is 0.969 bits per heavy atom. The van der Waals surface area contributed by atoms with Gasteiger partial charge in [-0.05, 0) is 30.4 Å². The predicted molar refractivity (Wildman–Crippen MR) is 122 cm³/mol. The average Bonchev–Trinajstić information content (AvgIpc) is 3.38. The van der Waals surface area contributed by atoms with Gasteiger partial charge in [0.2, 0.25) is 17.7 Å². The number of likely N-dealkylation sites (tertiary alicyclic amines) is 1. The van der Waals surface area contributed by atoms with Crippen molar-refractivity contribution < 1.29 is 14.4 Å². The number of benzene rings is 2. The van der Waals surface area contributed by atoms with E-state index in [-0.39, 0.29) is 23.8 Å². The number of para-hydroxylation sites is 1. The van der Waals surface area contributed by atoms with Gasteiger partial charge in [0.15, 0.2) is 0 Å². The van der Waals surface area contributed by atoms with E-state index >= 15 is 0 Å². The first-order valence-electron chi connectivity index (χ1n) is 11.6. The lowest BCUT2D eigenvalue weighted by Gasteiger charge is -2.29. The molecule has 2 aromatic rings. The number of carbonyl (C=O) groups excluding carboxylic acids is 3. The van der Waals surface area contributed by atoms with E-state index < -0.39 is 17.4 Å². The molecule has 2 N–H and O–H groups in total. The maximum atomic E-state index is 13.7. The Hall–Kier alpha value is -2.99. The molecule has 0 bridgehead atoms. The monoisotopic (exact) mass is 431 g/mol. The van der Waals surface area contributed by atoms with Crippen molar-refractivity contribution in [3.8, 4) is 0 Å². The quantitative estimate of drug-likeness (QED) is 0.690. The van der Waals surface area contributed by atoms with Crippen molar-refractivity contribution in [3.63, 3.8) is 0 Å². The standard InChI is InChI=1S/C26H29N3O3/c1-3-5-14-29-23(30)20-19(15-16-10-7-6-8-11-16)28-26(21(20)24(29)31)18-13-9-12-17(4-2)22(18)27-25(26)32/h6-13,19-21,28H,3-5,14-15H2,1-2H3,(H,27,32). The van der Waals surface area contributed by atoms with E-state index in [9.17, 15) is 14.4 Å². The van der Waals surface area contributed by atoms with Crippen LogP contribution in [0.25, 0.3) is 0 Å². The third-order valence-electron chi connectivity index (χ3n) is 7.34. The number of nitrogens with one attached hydrogen (secondary N) is 2. The van der Waals surface area contributed by atoms with Crippen molar-refractivity contribution in [2.75, 3.05) is 11.9 Å². The van der Waals surface area contributed by atoms with E-state index in [4.69, 9.17) is 0 Å². The second-order valence-electron chi connectivity index (χ2n) is 9.08. The number of unbranched alkanes of at least 4 members (excludes halogenated alkanes) is 1. The summed E-state index contributed by atoms with van der Waals surface area (Å²) in [5.74, 6) is -1.87. The molecule has 3 aliphatic rings. The molecule has 32 heavy (non-hydrogen) atoms.